The molecule has 0 saturated carbocycles. The van der Waals surface area contributed by atoms with Gasteiger partial charge in [0.1, 0.15) is 0 Å². The van der Waals surface area contributed by atoms with E-state index in [0.717, 1.165) is 27.9 Å². The zero-order valence-corrected chi connectivity index (χ0v) is 12.7. The fraction of sp³-hybridized carbons (Fsp3) is 0.294. The summed E-state index contributed by atoms with van der Waals surface area (Å²) in [7, 11) is 0. The van der Waals surface area contributed by atoms with E-state index in [-0.39, 0.29) is 5.92 Å². The quantitative estimate of drug-likeness (QED) is 0.813. The normalized spacial score (nSPS) is 21.4. The molecule has 22 heavy (non-hydrogen) atoms. The SMILES string of the molecule is [C-]#[N+]C1=C(C)N=C(C)C(C#N)C1c1ccc2n[nH]c(C)c2c1. The van der Waals surface area contributed by atoms with Crippen LogP contribution in [0, 0.1) is 30.7 Å². The Morgan fingerprint density at radius 1 is 1.32 bits per heavy atom. The molecule has 2 unspecified atom stereocenters. The molecule has 0 saturated heterocycles. The van der Waals surface area contributed by atoms with Crippen LogP contribution in [0.1, 0.15) is 31.0 Å². The Bertz CT molecular complexity index is 901. The summed E-state index contributed by atoms with van der Waals surface area (Å²) in [6.07, 6.45) is 0. The van der Waals surface area contributed by atoms with E-state index in [4.69, 9.17) is 6.57 Å². The first-order chi connectivity index (χ1) is 10.6. The number of fused-ring (bicyclic) bond motifs is 1. The number of aromatic nitrogens is 2. The van der Waals surface area contributed by atoms with Crippen molar-refractivity contribution in [3.63, 3.8) is 0 Å². The topological polar surface area (TPSA) is 69.2 Å². The molecule has 1 aliphatic heterocycles. The van der Waals surface area contributed by atoms with Gasteiger partial charge in [0.25, 0.3) is 0 Å². The number of aliphatic imine (C=N–C) groups is 1. The molecule has 2 heterocycles. The minimum Gasteiger partial charge on any atom is -0.282 e. The summed E-state index contributed by atoms with van der Waals surface area (Å²) in [6.45, 7) is 13.1. The zero-order valence-electron chi connectivity index (χ0n) is 12.7. The van der Waals surface area contributed by atoms with Gasteiger partial charge in [-0.2, -0.15) is 10.4 Å². The van der Waals surface area contributed by atoms with E-state index < -0.39 is 5.92 Å². The molecule has 1 aromatic heterocycles. The zero-order chi connectivity index (χ0) is 15.9. The van der Waals surface area contributed by atoms with E-state index in [2.05, 4.69) is 26.1 Å². The molecule has 0 spiro atoms. The monoisotopic (exact) mass is 289 g/mol. The number of benzene rings is 1. The molecular weight excluding hydrogens is 274 g/mol. The fourth-order valence-electron chi connectivity index (χ4n) is 3.03. The van der Waals surface area contributed by atoms with Crippen LogP contribution in [0.2, 0.25) is 0 Å². The maximum absolute atomic E-state index is 9.55. The Balaban J connectivity index is 2.22. The third kappa shape index (κ3) is 1.99. The van der Waals surface area contributed by atoms with Crippen molar-refractivity contribution in [1.82, 2.24) is 10.2 Å². The minimum atomic E-state index is -0.405. The summed E-state index contributed by atoms with van der Waals surface area (Å²) >= 11 is 0. The molecule has 1 aliphatic rings. The van der Waals surface area contributed by atoms with Crippen LogP contribution in [0.15, 0.2) is 34.6 Å². The summed E-state index contributed by atoms with van der Waals surface area (Å²) in [6, 6.07) is 8.22. The second kappa shape index (κ2) is 5.13. The van der Waals surface area contributed by atoms with Crippen molar-refractivity contribution >= 4 is 16.6 Å². The maximum Gasteiger partial charge on any atom is 0.195 e. The molecule has 0 radical (unpaired) electrons. The van der Waals surface area contributed by atoms with Gasteiger partial charge in [0.15, 0.2) is 5.70 Å². The van der Waals surface area contributed by atoms with Crippen LogP contribution in [0.4, 0.5) is 0 Å². The third-order valence-corrected chi connectivity index (χ3v) is 4.18. The number of aryl methyl sites for hydroxylation is 1. The van der Waals surface area contributed by atoms with E-state index in [1.807, 2.05) is 39.0 Å². The number of allylic oxidation sites excluding steroid dienone is 2. The van der Waals surface area contributed by atoms with Crippen molar-refractivity contribution < 1.29 is 0 Å². The van der Waals surface area contributed by atoms with Crippen LogP contribution in [-0.4, -0.2) is 15.9 Å². The number of nitrogens with one attached hydrogen (secondary N) is 1. The van der Waals surface area contributed by atoms with E-state index >= 15 is 0 Å². The smallest absolute Gasteiger partial charge is 0.195 e. The van der Waals surface area contributed by atoms with Gasteiger partial charge in [0.2, 0.25) is 0 Å². The van der Waals surface area contributed by atoms with Crippen LogP contribution in [0.5, 0.6) is 0 Å². The highest BCUT2D eigenvalue weighted by Gasteiger charge is 2.34. The van der Waals surface area contributed by atoms with Gasteiger partial charge in [0, 0.05) is 28.4 Å². The molecule has 0 aliphatic carbocycles. The number of nitrogens with zero attached hydrogens (tertiary/aromatic N) is 4. The van der Waals surface area contributed by atoms with Crippen LogP contribution >= 0.6 is 0 Å². The van der Waals surface area contributed by atoms with Gasteiger partial charge in [-0.3, -0.25) is 10.1 Å². The van der Waals surface area contributed by atoms with Gasteiger partial charge < -0.3 is 0 Å². The Kier molecular flexibility index (Phi) is 3.27. The number of nitriles is 1. The lowest BCUT2D eigenvalue weighted by atomic mass is 9.79. The van der Waals surface area contributed by atoms with Crippen LogP contribution in [0.3, 0.4) is 0 Å². The molecule has 5 nitrogen and oxygen atoms in total. The molecule has 3 rings (SSSR count). The Morgan fingerprint density at radius 3 is 2.77 bits per heavy atom. The molecule has 0 bridgehead atoms. The number of hydrogen-bond acceptors (Lipinski definition) is 3. The molecular formula is C17H15N5. The van der Waals surface area contributed by atoms with Gasteiger partial charge in [-0.25, -0.2) is 4.85 Å². The van der Waals surface area contributed by atoms with Crippen molar-refractivity contribution in [3.05, 3.63) is 52.3 Å². The van der Waals surface area contributed by atoms with Crippen LogP contribution in [-0.2, 0) is 0 Å². The molecule has 1 aromatic carbocycles. The molecule has 2 atom stereocenters. The average Bonchev–Trinajstić information content (AvgIpc) is 2.87. The lowest BCUT2D eigenvalue weighted by Crippen LogP contribution is -2.24. The van der Waals surface area contributed by atoms with Crippen molar-refractivity contribution in [2.45, 2.75) is 26.7 Å². The predicted molar refractivity (Wildman–Crippen MR) is 85.1 cm³/mol. The minimum absolute atomic E-state index is 0.265. The van der Waals surface area contributed by atoms with Crippen molar-refractivity contribution in [3.8, 4) is 6.07 Å². The molecule has 108 valence electrons. The number of aromatic amines is 1. The van der Waals surface area contributed by atoms with Gasteiger partial charge in [-0.1, -0.05) is 6.07 Å². The summed E-state index contributed by atoms with van der Waals surface area (Å²) < 4.78 is 0. The van der Waals surface area contributed by atoms with Crippen molar-refractivity contribution in [2.75, 3.05) is 0 Å². The van der Waals surface area contributed by atoms with Gasteiger partial charge in [0.05, 0.1) is 24.1 Å². The van der Waals surface area contributed by atoms with E-state index in [0.29, 0.717) is 11.4 Å². The van der Waals surface area contributed by atoms with Crippen LogP contribution in [0.25, 0.3) is 15.7 Å². The average molecular weight is 289 g/mol. The number of H-pyrrole nitrogens is 1. The third-order valence-electron chi connectivity index (χ3n) is 4.18. The highest BCUT2D eigenvalue weighted by atomic mass is 15.1. The lowest BCUT2D eigenvalue weighted by Gasteiger charge is -2.26. The van der Waals surface area contributed by atoms with Crippen molar-refractivity contribution in [1.29, 1.82) is 5.26 Å². The van der Waals surface area contributed by atoms with Crippen molar-refractivity contribution in [2.24, 2.45) is 10.9 Å². The fourth-order valence-corrected chi connectivity index (χ4v) is 3.03. The summed E-state index contributed by atoms with van der Waals surface area (Å²) in [5, 5.41) is 17.8. The van der Waals surface area contributed by atoms with Gasteiger partial charge in [-0.15, -0.1) is 0 Å². The molecule has 0 fully saturated rings. The highest BCUT2D eigenvalue weighted by Crippen LogP contribution is 2.40. The molecule has 1 N–H and O–H groups in total. The van der Waals surface area contributed by atoms with E-state index in [1.165, 1.54) is 0 Å². The second-order valence-electron chi connectivity index (χ2n) is 5.55. The number of hydrogen-bond donors (Lipinski definition) is 1. The van der Waals surface area contributed by atoms with Gasteiger partial charge >= 0.3 is 0 Å². The summed E-state index contributed by atoms with van der Waals surface area (Å²) in [5.74, 6) is -0.670. The molecule has 5 heteroatoms. The highest BCUT2D eigenvalue weighted by molar-refractivity contribution is 5.91. The number of rotatable bonds is 1. The van der Waals surface area contributed by atoms with E-state index in [9.17, 15) is 5.26 Å². The maximum atomic E-state index is 9.55. The first kappa shape index (κ1) is 14.0. The summed E-state index contributed by atoms with van der Waals surface area (Å²) in [4.78, 5) is 8.03. The largest absolute Gasteiger partial charge is 0.282 e. The molecule has 0 amide bonds. The van der Waals surface area contributed by atoms with Crippen LogP contribution < -0.4 is 0 Å². The Morgan fingerprint density at radius 2 is 2.09 bits per heavy atom. The second-order valence-corrected chi connectivity index (χ2v) is 5.55. The predicted octanol–water partition coefficient (Wildman–Crippen LogP) is 3.72. The van der Waals surface area contributed by atoms with E-state index in [1.54, 1.807) is 0 Å². The first-order valence-electron chi connectivity index (χ1n) is 7.04. The molecule has 2 aromatic rings. The standard InChI is InChI=1S/C17H15N5/c1-9-14(8-18)16(17(19-4)11(3)20-9)12-5-6-15-13(7-12)10(2)21-22-15/h5-7,14,16H,1-3H3,(H,21,22). The van der Waals surface area contributed by atoms with Gasteiger partial charge in [-0.05, 0) is 38.5 Å². The Labute approximate surface area is 128 Å². The first-order valence-corrected chi connectivity index (χ1v) is 7.04. The summed E-state index contributed by atoms with van der Waals surface area (Å²) in [5.41, 5.74) is 4.85. The Hall–Kier alpha value is -2.92. The lowest BCUT2D eigenvalue weighted by molar-refractivity contribution is 0.700.